The van der Waals surface area contributed by atoms with Crippen LogP contribution in [-0.4, -0.2) is 12.0 Å². The van der Waals surface area contributed by atoms with Gasteiger partial charge in [-0.05, 0) is 36.3 Å². The number of hydrogen-bond donors (Lipinski definition) is 1. The summed E-state index contributed by atoms with van der Waals surface area (Å²) in [6.45, 7) is 2.09. The topological polar surface area (TPSA) is 35.8 Å². The fourth-order valence-electron chi connectivity index (χ4n) is 1.92. The van der Waals surface area contributed by atoms with E-state index in [9.17, 15) is 5.26 Å². The van der Waals surface area contributed by atoms with E-state index in [-0.39, 0.29) is 0 Å². The van der Waals surface area contributed by atoms with Gasteiger partial charge in [-0.15, -0.1) is 23.5 Å². The van der Waals surface area contributed by atoms with Crippen molar-refractivity contribution in [1.82, 2.24) is 0 Å². The average molecular weight is 300 g/mol. The van der Waals surface area contributed by atoms with E-state index in [4.69, 9.17) is 0 Å². The second-order valence-electron chi connectivity index (χ2n) is 4.05. The molecule has 0 aliphatic heterocycles. The van der Waals surface area contributed by atoms with Gasteiger partial charge >= 0.3 is 0 Å². The van der Waals surface area contributed by atoms with Crippen LogP contribution in [0.1, 0.15) is 12.5 Å². The summed E-state index contributed by atoms with van der Waals surface area (Å²) in [6, 6.07) is 16.4. The van der Waals surface area contributed by atoms with Gasteiger partial charge in [-0.3, -0.25) is 0 Å². The lowest BCUT2D eigenvalue weighted by atomic mass is 10.2. The molecule has 0 radical (unpaired) electrons. The Labute approximate surface area is 128 Å². The predicted molar refractivity (Wildman–Crippen MR) is 89.1 cm³/mol. The first-order valence-corrected chi connectivity index (χ1v) is 8.57. The maximum atomic E-state index is 9.42. The van der Waals surface area contributed by atoms with Gasteiger partial charge in [-0.25, -0.2) is 0 Å². The minimum atomic E-state index is 0.718. The maximum absolute atomic E-state index is 9.42. The Bertz CT molecular complexity index is 633. The number of benzene rings is 2. The Morgan fingerprint density at radius 2 is 1.75 bits per heavy atom. The van der Waals surface area contributed by atoms with Crippen molar-refractivity contribution in [2.24, 2.45) is 0 Å². The summed E-state index contributed by atoms with van der Waals surface area (Å²) in [4.78, 5) is 2.20. The molecule has 0 spiro atoms. The molecular weight excluding hydrogens is 284 g/mol. The van der Waals surface area contributed by atoms with Gasteiger partial charge in [0.05, 0.1) is 16.9 Å². The van der Waals surface area contributed by atoms with E-state index in [1.165, 1.54) is 4.90 Å². The summed E-state index contributed by atoms with van der Waals surface area (Å²) in [7, 11) is 0. The lowest BCUT2D eigenvalue weighted by molar-refractivity contribution is 1.33. The first-order valence-electron chi connectivity index (χ1n) is 6.36. The largest absolute Gasteiger partial charge is 0.353 e. The molecule has 0 saturated heterocycles. The molecule has 4 heteroatoms. The van der Waals surface area contributed by atoms with Gasteiger partial charge < -0.3 is 5.32 Å². The zero-order chi connectivity index (χ0) is 14.4. The van der Waals surface area contributed by atoms with Crippen molar-refractivity contribution in [3.63, 3.8) is 0 Å². The summed E-state index contributed by atoms with van der Waals surface area (Å²) in [6.07, 6.45) is 2.05. The monoisotopic (exact) mass is 300 g/mol. The molecule has 0 fully saturated rings. The Balaban J connectivity index is 2.39. The molecule has 0 amide bonds. The minimum Gasteiger partial charge on any atom is -0.353 e. The summed E-state index contributed by atoms with van der Waals surface area (Å²) in [5.74, 6) is 0.958. The number of nitrogens with one attached hydrogen (secondary N) is 1. The number of anilines is 2. The first kappa shape index (κ1) is 14.8. The van der Waals surface area contributed by atoms with Crippen LogP contribution in [-0.2, 0) is 0 Å². The van der Waals surface area contributed by atoms with E-state index in [0.29, 0.717) is 0 Å². The molecule has 0 aliphatic carbocycles. The number of hydrogen-bond acceptors (Lipinski definition) is 4. The van der Waals surface area contributed by atoms with Crippen molar-refractivity contribution in [3.8, 4) is 6.07 Å². The van der Waals surface area contributed by atoms with E-state index >= 15 is 0 Å². The Morgan fingerprint density at radius 3 is 2.45 bits per heavy atom. The third-order valence-electron chi connectivity index (χ3n) is 2.81. The third kappa shape index (κ3) is 3.30. The van der Waals surface area contributed by atoms with Gasteiger partial charge in [0, 0.05) is 9.79 Å². The van der Waals surface area contributed by atoms with Crippen molar-refractivity contribution < 1.29 is 0 Å². The molecule has 2 nitrogen and oxygen atoms in total. The van der Waals surface area contributed by atoms with Gasteiger partial charge in [0.25, 0.3) is 0 Å². The number of thioether (sulfide) groups is 2. The van der Waals surface area contributed by atoms with E-state index in [1.807, 2.05) is 36.4 Å². The Morgan fingerprint density at radius 1 is 1.05 bits per heavy atom. The number of nitrogens with zero attached hydrogens (tertiary/aromatic N) is 1. The molecule has 2 rings (SSSR count). The smallest absolute Gasteiger partial charge is 0.103 e. The molecule has 0 bridgehead atoms. The zero-order valence-corrected chi connectivity index (χ0v) is 13.1. The highest BCUT2D eigenvalue weighted by molar-refractivity contribution is 7.99. The standard InChI is InChI=1S/C16H16N2S2/c1-3-20-15-10-6-8-13(12(15)11-17)18-14-7-4-5-9-16(14)19-2/h4-10,18H,3H2,1-2H3. The molecule has 20 heavy (non-hydrogen) atoms. The van der Waals surface area contributed by atoms with Crippen LogP contribution in [0.15, 0.2) is 52.3 Å². The maximum Gasteiger partial charge on any atom is 0.103 e. The van der Waals surface area contributed by atoms with Crippen LogP contribution in [0.5, 0.6) is 0 Å². The van der Waals surface area contributed by atoms with Crippen molar-refractivity contribution in [1.29, 1.82) is 5.26 Å². The van der Waals surface area contributed by atoms with E-state index < -0.39 is 0 Å². The first-order chi connectivity index (χ1) is 9.80. The van der Waals surface area contributed by atoms with E-state index in [2.05, 4.69) is 30.6 Å². The summed E-state index contributed by atoms with van der Waals surface area (Å²) in [5.41, 5.74) is 2.62. The Kier molecular flexibility index (Phi) is 5.40. The molecular formula is C16H16N2S2. The highest BCUT2D eigenvalue weighted by Crippen LogP contribution is 2.32. The molecule has 2 aromatic rings. The van der Waals surface area contributed by atoms with E-state index in [1.54, 1.807) is 23.5 Å². The highest BCUT2D eigenvalue weighted by Gasteiger charge is 2.09. The molecule has 0 heterocycles. The van der Waals surface area contributed by atoms with Crippen LogP contribution in [0.3, 0.4) is 0 Å². The normalized spacial score (nSPS) is 10.1. The second kappa shape index (κ2) is 7.28. The summed E-state index contributed by atoms with van der Waals surface area (Å²) < 4.78 is 0. The molecule has 0 atom stereocenters. The fraction of sp³-hybridized carbons (Fsp3) is 0.188. The lowest BCUT2D eigenvalue weighted by Crippen LogP contribution is -1.96. The molecule has 102 valence electrons. The highest BCUT2D eigenvalue weighted by atomic mass is 32.2. The SMILES string of the molecule is CCSc1cccc(Nc2ccccc2SC)c1C#N. The van der Waals surface area contributed by atoms with Gasteiger partial charge in [-0.2, -0.15) is 5.26 Å². The van der Waals surface area contributed by atoms with Crippen LogP contribution in [0, 0.1) is 11.3 Å². The van der Waals surface area contributed by atoms with Crippen molar-refractivity contribution in [2.45, 2.75) is 16.7 Å². The molecule has 0 saturated carbocycles. The molecule has 0 unspecified atom stereocenters. The van der Waals surface area contributed by atoms with Crippen LogP contribution in [0.4, 0.5) is 11.4 Å². The quantitative estimate of drug-likeness (QED) is 0.776. The van der Waals surface area contributed by atoms with Crippen LogP contribution < -0.4 is 5.32 Å². The van der Waals surface area contributed by atoms with Gasteiger partial charge in [0.15, 0.2) is 0 Å². The lowest BCUT2D eigenvalue weighted by Gasteiger charge is -2.13. The van der Waals surface area contributed by atoms with Crippen molar-refractivity contribution in [2.75, 3.05) is 17.3 Å². The second-order valence-corrected chi connectivity index (χ2v) is 6.20. The van der Waals surface area contributed by atoms with Crippen LogP contribution >= 0.6 is 23.5 Å². The summed E-state index contributed by atoms with van der Waals surface area (Å²) >= 11 is 3.39. The zero-order valence-electron chi connectivity index (χ0n) is 11.5. The Hall–Kier alpha value is -1.57. The summed E-state index contributed by atoms with van der Waals surface area (Å²) in [5, 5.41) is 12.8. The molecule has 1 N–H and O–H groups in total. The number of nitriles is 1. The minimum absolute atomic E-state index is 0.718. The van der Waals surface area contributed by atoms with E-state index in [0.717, 1.165) is 27.6 Å². The van der Waals surface area contributed by atoms with Crippen molar-refractivity contribution in [3.05, 3.63) is 48.0 Å². The molecule has 2 aromatic carbocycles. The van der Waals surface area contributed by atoms with Crippen LogP contribution in [0.2, 0.25) is 0 Å². The predicted octanol–water partition coefficient (Wildman–Crippen LogP) is 5.14. The molecule has 0 aromatic heterocycles. The van der Waals surface area contributed by atoms with Crippen LogP contribution in [0.25, 0.3) is 0 Å². The van der Waals surface area contributed by atoms with Gasteiger partial charge in [0.2, 0.25) is 0 Å². The number of para-hydroxylation sites is 1. The average Bonchev–Trinajstić information content (AvgIpc) is 2.48. The van der Waals surface area contributed by atoms with Crippen molar-refractivity contribution >= 4 is 34.9 Å². The third-order valence-corrected chi connectivity index (χ3v) is 4.55. The van der Waals surface area contributed by atoms with Gasteiger partial charge in [0.1, 0.15) is 6.07 Å². The molecule has 0 aliphatic rings. The fourth-order valence-corrected chi connectivity index (χ4v) is 3.26. The van der Waals surface area contributed by atoms with Gasteiger partial charge in [-0.1, -0.05) is 25.1 Å². The number of rotatable bonds is 5.